The third-order valence-corrected chi connectivity index (χ3v) is 7.11. The predicted octanol–water partition coefficient (Wildman–Crippen LogP) is 6.19. The molecule has 2 heterocycles. The summed E-state index contributed by atoms with van der Waals surface area (Å²) >= 11 is 1.53. The summed E-state index contributed by atoms with van der Waals surface area (Å²) < 4.78 is 5.69. The summed E-state index contributed by atoms with van der Waals surface area (Å²) in [7, 11) is 0. The molecule has 0 aromatic carbocycles. The maximum atomic E-state index is 13.6. The first kappa shape index (κ1) is 23.0. The average molecular weight is 426 g/mol. The van der Waals surface area contributed by atoms with Crippen LogP contribution in [-0.2, 0) is 9.53 Å². The van der Waals surface area contributed by atoms with Gasteiger partial charge in [-0.05, 0) is 72.6 Å². The molecular weight excluding hydrogens is 390 g/mol. The molecule has 0 N–H and O–H groups in total. The molecule has 1 aliphatic heterocycles. The van der Waals surface area contributed by atoms with E-state index in [0.717, 1.165) is 62.1 Å². The van der Waals surface area contributed by atoms with Crippen LogP contribution in [0.2, 0.25) is 0 Å². The van der Waals surface area contributed by atoms with Crippen molar-refractivity contribution >= 4 is 22.9 Å². The summed E-state index contributed by atoms with van der Waals surface area (Å²) in [5, 5.41) is 3.40. The molecule has 3 aliphatic rings. The van der Waals surface area contributed by atoms with Crippen LogP contribution in [0.3, 0.4) is 0 Å². The smallest absolute Gasteiger partial charge is 0.228 e. The fourth-order valence-electron chi connectivity index (χ4n) is 4.38. The van der Waals surface area contributed by atoms with E-state index in [1.807, 2.05) is 0 Å². The Labute approximate surface area is 186 Å². The third kappa shape index (κ3) is 5.31. The SMILES string of the molecule is CC1=CC[C@H](C(=O)N(c2[c-]sc(C#CC(C)(C)C)c2)C2CCC3(CC2)CO3)CC1.[CH3+]. The lowest BCUT2D eigenvalue weighted by Gasteiger charge is -2.40. The Kier molecular flexibility index (Phi) is 6.75. The highest BCUT2D eigenvalue weighted by atomic mass is 32.1. The zero-order valence-corrected chi connectivity index (χ0v) is 20.0. The lowest BCUT2D eigenvalue weighted by Crippen LogP contribution is -2.46. The predicted molar refractivity (Wildman–Crippen MR) is 125 cm³/mol. The van der Waals surface area contributed by atoms with E-state index in [4.69, 9.17) is 4.74 Å². The highest BCUT2D eigenvalue weighted by Crippen LogP contribution is 2.44. The maximum Gasteiger partial charge on any atom is 0.228 e. The van der Waals surface area contributed by atoms with E-state index in [1.165, 1.54) is 16.9 Å². The van der Waals surface area contributed by atoms with Gasteiger partial charge < -0.3 is 9.64 Å². The number of allylic oxidation sites excluding steroid dienone is 2. The number of thiophene rings is 1. The molecule has 4 rings (SSSR count). The number of carbonyl (C=O) groups is 1. The first-order valence-corrected chi connectivity index (χ1v) is 11.7. The number of ether oxygens (including phenoxy) is 1. The van der Waals surface area contributed by atoms with Gasteiger partial charge >= 0.3 is 0 Å². The molecule has 0 unspecified atom stereocenters. The lowest BCUT2D eigenvalue weighted by atomic mass is 9.83. The van der Waals surface area contributed by atoms with Crippen molar-refractivity contribution in [1.29, 1.82) is 0 Å². The van der Waals surface area contributed by atoms with Gasteiger partial charge in [-0.2, -0.15) is 6.07 Å². The molecular formula is C26H35NO2S. The van der Waals surface area contributed by atoms with E-state index in [2.05, 4.69) is 62.0 Å². The third-order valence-electron chi connectivity index (χ3n) is 6.36. The molecule has 1 saturated carbocycles. The van der Waals surface area contributed by atoms with Crippen LogP contribution in [0.15, 0.2) is 17.7 Å². The van der Waals surface area contributed by atoms with E-state index in [9.17, 15) is 4.79 Å². The van der Waals surface area contributed by atoms with Crippen LogP contribution in [0.25, 0.3) is 0 Å². The fraction of sp³-hybridized carbons (Fsp3) is 0.615. The van der Waals surface area contributed by atoms with Crippen molar-refractivity contribution < 1.29 is 9.53 Å². The van der Waals surface area contributed by atoms with Crippen LogP contribution in [0.1, 0.15) is 77.5 Å². The van der Waals surface area contributed by atoms with Gasteiger partial charge in [-0.15, -0.1) is 11.8 Å². The van der Waals surface area contributed by atoms with Crippen LogP contribution in [0.5, 0.6) is 0 Å². The molecule has 1 aromatic rings. The molecule has 30 heavy (non-hydrogen) atoms. The average Bonchev–Trinajstić information content (AvgIpc) is 3.27. The van der Waals surface area contributed by atoms with E-state index in [-0.39, 0.29) is 36.3 Å². The number of hydrogen-bond acceptors (Lipinski definition) is 3. The molecule has 3 nitrogen and oxygen atoms in total. The summed E-state index contributed by atoms with van der Waals surface area (Å²) in [6.07, 6.45) is 9.25. The van der Waals surface area contributed by atoms with Crippen LogP contribution in [0.4, 0.5) is 5.69 Å². The van der Waals surface area contributed by atoms with Crippen molar-refractivity contribution in [1.82, 2.24) is 0 Å². The second-order valence-electron chi connectivity index (χ2n) is 10.0. The van der Waals surface area contributed by atoms with Gasteiger partial charge in [0.25, 0.3) is 0 Å². The Bertz CT molecular complexity index is 850. The van der Waals surface area contributed by atoms with Crippen molar-refractivity contribution in [3.05, 3.63) is 35.4 Å². The van der Waals surface area contributed by atoms with E-state index in [0.29, 0.717) is 0 Å². The monoisotopic (exact) mass is 425 g/mol. The molecule has 1 atom stereocenters. The summed E-state index contributed by atoms with van der Waals surface area (Å²) in [5.41, 5.74) is 2.43. The standard InChI is InChI=1S/C25H32NO2S.CH3/c1-18-5-7-19(8-6-18)23(27)26(20-9-13-25(14-10-20)17-28-25)21-15-22(29-16-21)11-12-24(2,3)4;/h5,15,19-20H,6-10,13-14,17H2,1-4H3;1H3/q-1;+1/t19-,20?,25?;/m0./s1. The number of carbonyl (C=O) groups excluding carboxylic acids is 1. The fourth-order valence-corrected chi connectivity index (χ4v) is 5.02. The molecule has 1 aromatic heterocycles. The van der Waals surface area contributed by atoms with Crippen molar-refractivity contribution in [2.24, 2.45) is 11.3 Å². The van der Waals surface area contributed by atoms with Crippen LogP contribution >= 0.6 is 11.3 Å². The van der Waals surface area contributed by atoms with Gasteiger partial charge in [0.2, 0.25) is 5.91 Å². The Hall–Kier alpha value is -1.70. The van der Waals surface area contributed by atoms with Gasteiger partial charge in [-0.25, -0.2) is 0 Å². The Morgan fingerprint density at radius 3 is 2.57 bits per heavy atom. The normalized spacial score (nSPS) is 28.1. The van der Waals surface area contributed by atoms with Crippen molar-refractivity contribution in [2.45, 2.75) is 84.3 Å². The highest BCUT2D eigenvalue weighted by Gasteiger charge is 2.48. The Morgan fingerprint density at radius 2 is 2.00 bits per heavy atom. The first-order chi connectivity index (χ1) is 13.7. The van der Waals surface area contributed by atoms with Gasteiger partial charge in [0, 0.05) is 24.8 Å². The lowest BCUT2D eigenvalue weighted by molar-refractivity contribution is -0.123. The van der Waals surface area contributed by atoms with Crippen molar-refractivity contribution in [2.75, 3.05) is 11.5 Å². The number of epoxide rings is 1. The summed E-state index contributed by atoms with van der Waals surface area (Å²) in [5.74, 6) is 6.94. The zero-order valence-electron chi connectivity index (χ0n) is 19.1. The number of nitrogens with zero attached hydrogens (tertiary/aromatic N) is 1. The first-order valence-electron chi connectivity index (χ1n) is 10.9. The van der Waals surface area contributed by atoms with Crippen LogP contribution in [-0.4, -0.2) is 24.2 Å². The van der Waals surface area contributed by atoms with Gasteiger partial charge in [0.05, 0.1) is 12.2 Å². The molecule has 2 fully saturated rings. The second kappa shape index (κ2) is 8.81. The Morgan fingerprint density at radius 1 is 1.30 bits per heavy atom. The minimum atomic E-state index is -0.0338. The van der Waals surface area contributed by atoms with Crippen molar-refractivity contribution in [3.8, 4) is 11.8 Å². The molecule has 0 radical (unpaired) electrons. The van der Waals surface area contributed by atoms with E-state index >= 15 is 0 Å². The van der Waals surface area contributed by atoms with Gasteiger partial charge in [-0.1, -0.05) is 27.6 Å². The summed E-state index contributed by atoms with van der Waals surface area (Å²) in [6, 6.07) is 2.32. The molecule has 1 saturated heterocycles. The van der Waals surface area contributed by atoms with Gasteiger partial charge in [0.1, 0.15) is 0 Å². The molecule has 4 heteroatoms. The van der Waals surface area contributed by atoms with Gasteiger partial charge in [0.15, 0.2) is 0 Å². The minimum absolute atomic E-state index is 0. The highest BCUT2D eigenvalue weighted by molar-refractivity contribution is 7.10. The number of rotatable bonds is 3. The van der Waals surface area contributed by atoms with Crippen LogP contribution in [0, 0.1) is 36.0 Å². The van der Waals surface area contributed by atoms with Gasteiger partial charge in [-0.3, -0.25) is 16.1 Å². The second-order valence-corrected chi connectivity index (χ2v) is 10.9. The molecule has 162 valence electrons. The largest absolute Gasteiger partial charge is 0.370 e. The number of anilines is 1. The number of amides is 1. The topological polar surface area (TPSA) is 32.8 Å². The van der Waals surface area contributed by atoms with E-state index in [1.54, 1.807) is 0 Å². The summed E-state index contributed by atoms with van der Waals surface area (Å²) in [4.78, 5) is 16.7. The molecule has 1 spiro atoms. The molecule has 2 aliphatic carbocycles. The molecule has 0 bridgehead atoms. The maximum absolute atomic E-state index is 13.6. The van der Waals surface area contributed by atoms with Crippen molar-refractivity contribution in [3.63, 3.8) is 0 Å². The molecule has 1 amide bonds. The quantitative estimate of drug-likeness (QED) is 0.250. The van der Waals surface area contributed by atoms with Crippen LogP contribution < -0.4 is 4.90 Å². The minimum Gasteiger partial charge on any atom is -0.370 e. The van der Waals surface area contributed by atoms with E-state index < -0.39 is 0 Å². The summed E-state index contributed by atoms with van der Waals surface area (Å²) in [6.45, 7) is 9.42. The Balaban J connectivity index is 0.00000256. The number of hydrogen-bond donors (Lipinski definition) is 0. The zero-order chi connectivity index (χ0) is 20.6.